The van der Waals surface area contributed by atoms with Gasteiger partial charge in [0.25, 0.3) is 5.91 Å². The molecule has 0 aromatic heterocycles. The lowest BCUT2D eigenvalue weighted by Gasteiger charge is -2.25. The molecule has 31 heavy (non-hydrogen) atoms. The van der Waals surface area contributed by atoms with Gasteiger partial charge in [0.05, 0.1) is 24.2 Å². The number of hydrogen-bond donors (Lipinski definition) is 2. The highest BCUT2D eigenvalue weighted by Crippen LogP contribution is 2.33. The van der Waals surface area contributed by atoms with Crippen molar-refractivity contribution < 1.29 is 14.6 Å². The molecule has 0 radical (unpaired) electrons. The summed E-state index contributed by atoms with van der Waals surface area (Å²) in [5.41, 5.74) is 4.18. The van der Waals surface area contributed by atoms with Gasteiger partial charge in [-0.1, -0.05) is 24.3 Å². The van der Waals surface area contributed by atoms with Crippen LogP contribution < -0.4 is 5.32 Å². The standard InChI is InChI=1S/C24H26N4O3/c1-27(2)12-4-11-25-24(30)18-9-7-17(8-10-18)21-15-28-22(16-31-23(28)14-26-21)19-5-3-6-20(29)13-19/h3,5-10,13-14,16,29H,4,11-12,15H2,1-2H3,(H,25,30). The smallest absolute Gasteiger partial charge is 0.251 e. The van der Waals surface area contributed by atoms with Crippen LogP contribution in [0.5, 0.6) is 5.75 Å². The average Bonchev–Trinajstić information content (AvgIpc) is 3.20. The monoisotopic (exact) mass is 418 g/mol. The number of aromatic hydroxyl groups is 1. The lowest BCUT2D eigenvalue weighted by atomic mass is 10.0. The number of nitrogens with zero attached hydrogens (tertiary/aromatic N) is 3. The number of phenols is 1. The molecular formula is C24H26N4O3. The number of benzene rings is 2. The number of carbonyl (C=O) groups is 1. The van der Waals surface area contributed by atoms with Crippen LogP contribution in [0.2, 0.25) is 0 Å². The first kappa shape index (κ1) is 20.7. The van der Waals surface area contributed by atoms with Gasteiger partial charge in [0.1, 0.15) is 12.0 Å². The summed E-state index contributed by atoms with van der Waals surface area (Å²) in [7, 11) is 4.03. The molecule has 0 saturated heterocycles. The third-order valence-corrected chi connectivity index (χ3v) is 5.18. The van der Waals surface area contributed by atoms with Crippen LogP contribution in [0.3, 0.4) is 0 Å². The van der Waals surface area contributed by atoms with Crippen LogP contribution >= 0.6 is 0 Å². The van der Waals surface area contributed by atoms with E-state index in [1.54, 1.807) is 30.7 Å². The highest BCUT2D eigenvalue weighted by Gasteiger charge is 2.28. The fraction of sp³-hybridized carbons (Fsp3) is 0.250. The maximum absolute atomic E-state index is 12.3. The zero-order chi connectivity index (χ0) is 21.8. The summed E-state index contributed by atoms with van der Waals surface area (Å²) in [4.78, 5) is 21.0. The van der Waals surface area contributed by atoms with Crippen molar-refractivity contribution in [2.24, 2.45) is 4.99 Å². The molecule has 2 aliphatic heterocycles. The van der Waals surface area contributed by atoms with Gasteiger partial charge < -0.3 is 25.0 Å². The normalized spacial score (nSPS) is 15.1. The second kappa shape index (κ2) is 9.06. The molecule has 2 aliphatic rings. The van der Waals surface area contributed by atoms with E-state index in [9.17, 15) is 9.90 Å². The Balaban J connectivity index is 1.42. The zero-order valence-corrected chi connectivity index (χ0v) is 17.7. The minimum absolute atomic E-state index is 0.0693. The van der Waals surface area contributed by atoms with Gasteiger partial charge in [-0.15, -0.1) is 0 Å². The van der Waals surface area contributed by atoms with Gasteiger partial charge in [-0.05, 0) is 56.9 Å². The first-order valence-electron chi connectivity index (χ1n) is 10.3. The number of carbonyl (C=O) groups excluding carboxylic acids is 1. The Morgan fingerprint density at radius 2 is 2.00 bits per heavy atom. The van der Waals surface area contributed by atoms with Gasteiger partial charge in [0.15, 0.2) is 0 Å². The molecule has 0 fully saturated rings. The van der Waals surface area contributed by atoms with Crippen LogP contribution in [-0.2, 0) is 4.74 Å². The molecule has 7 heteroatoms. The van der Waals surface area contributed by atoms with E-state index in [1.807, 2.05) is 49.3 Å². The second-order valence-electron chi connectivity index (χ2n) is 7.79. The van der Waals surface area contributed by atoms with E-state index < -0.39 is 0 Å². The quantitative estimate of drug-likeness (QED) is 0.676. The molecule has 2 heterocycles. The Labute approximate surface area is 182 Å². The molecule has 0 saturated carbocycles. The summed E-state index contributed by atoms with van der Waals surface area (Å²) in [5, 5.41) is 12.8. The van der Waals surface area contributed by atoms with Crippen molar-refractivity contribution >= 4 is 17.3 Å². The van der Waals surface area contributed by atoms with E-state index in [2.05, 4.69) is 15.2 Å². The van der Waals surface area contributed by atoms with Crippen molar-refractivity contribution in [3.63, 3.8) is 0 Å². The average molecular weight is 418 g/mol. The van der Waals surface area contributed by atoms with Gasteiger partial charge in [-0.2, -0.15) is 0 Å². The van der Waals surface area contributed by atoms with Crippen molar-refractivity contribution in [3.8, 4) is 5.75 Å². The molecule has 2 N–H and O–H groups in total. The summed E-state index contributed by atoms with van der Waals surface area (Å²) >= 11 is 0. The summed E-state index contributed by atoms with van der Waals surface area (Å²) in [6, 6.07) is 14.6. The molecule has 160 valence electrons. The fourth-order valence-electron chi connectivity index (χ4n) is 3.52. The number of phenolic OH excluding ortho intramolecular Hbond substituents is 1. The Bertz CT molecular complexity index is 1050. The molecular weight excluding hydrogens is 392 g/mol. The summed E-state index contributed by atoms with van der Waals surface area (Å²) in [6.07, 6.45) is 4.27. The summed E-state index contributed by atoms with van der Waals surface area (Å²) in [6.45, 7) is 2.12. The second-order valence-corrected chi connectivity index (χ2v) is 7.79. The largest absolute Gasteiger partial charge is 0.508 e. The number of nitrogens with one attached hydrogen (secondary N) is 1. The minimum atomic E-state index is -0.0693. The number of aliphatic imine (C=N–C) groups is 1. The SMILES string of the molecule is CN(C)CCCNC(=O)c1ccc(C2=NC=C3OC=C(c4cccc(O)c4)N3C2)cc1. The van der Waals surface area contributed by atoms with E-state index in [4.69, 9.17) is 4.74 Å². The summed E-state index contributed by atoms with van der Waals surface area (Å²) < 4.78 is 5.64. The van der Waals surface area contributed by atoms with Crippen LogP contribution in [0.1, 0.15) is 27.9 Å². The van der Waals surface area contributed by atoms with Crippen molar-refractivity contribution in [1.82, 2.24) is 15.1 Å². The fourth-order valence-corrected chi connectivity index (χ4v) is 3.52. The number of rotatable bonds is 7. The van der Waals surface area contributed by atoms with E-state index >= 15 is 0 Å². The first-order valence-corrected chi connectivity index (χ1v) is 10.3. The molecule has 2 aromatic rings. The molecule has 0 bridgehead atoms. The molecule has 4 rings (SSSR count). The molecule has 1 amide bonds. The Hall–Kier alpha value is -3.58. The molecule has 0 spiro atoms. The molecule has 0 atom stereocenters. The van der Waals surface area contributed by atoms with Gasteiger partial charge >= 0.3 is 0 Å². The maximum atomic E-state index is 12.3. The Morgan fingerprint density at radius 1 is 1.19 bits per heavy atom. The molecule has 7 nitrogen and oxygen atoms in total. The Morgan fingerprint density at radius 3 is 2.74 bits per heavy atom. The highest BCUT2D eigenvalue weighted by molar-refractivity contribution is 6.04. The minimum Gasteiger partial charge on any atom is -0.508 e. The van der Waals surface area contributed by atoms with Crippen LogP contribution in [0.4, 0.5) is 0 Å². The van der Waals surface area contributed by atoms with Gasteiger partial charge in [-0.25, -0.2) is 0 Å². The van der Waals surface area contributed by atoms with Gasteiger partial charge in [0.2, 0.25) is 5.88 Å². The Kier molecular flexibility index (Phi) is 6.04. The van der Waals surface area contributed by atoms with E-state index in [-0.39, 0.29) is 11.7 Å². The predicted molar refractivity (Wildman–Crippen MR) is 120 cm³/mol. The van der Waals surface area contributed by atoms with E-state index in [0.717, 1.165) is 35.5 Å². The topological polar surface area (TPSA) is 77.4 Å². The zero-order valence-electron chi connectivity index (χ0n) is 17.7. The molecule has 0 aliphatic carbocycles. The van der Waals surface area contributed by atoms with Gasteiger partial charge in [-0.3, -0.25) is 9.79 Å². The number of hydrogen-bond acceptors (Lipinski definition) is 6. The number of fused-ring (bicyclic) bond motifs is 1. The van der Waals surface area contributed by atoms with Crippen LogP contribution in [0.25, 0.3) is 5.70 Å². The van der Waals surface area contributed by atoms with Crippen LogP contribution in [0, 0.1) is 0 Å². The van der Waals surface area contributed by atoms with Crippen molar-refractivity contribution in [1.29, 1.82) is 0 Å². The van der Waals surface area contributed by atoms with E-state index in [0.29, 0.717) is 24.5 Å². The molecule has 0 unspecified atom stereocenters. The lowest BCUT2D eigenvalue weighted by Crippen LogP contribution is -2.29. The van der Waals surface area contributed by atoms with Crippen LogP contribution in [-0.4, -0.2) is 60.3 Å². The molecule has 2 aromatic carbocycles. The van der Waals surface area contributed by atoms with Crippen molar-refractivity contribution in [2.75, 3.05) is 33.7 Å². The predicted octanol–water partition coefficient (Wildman–Crippen LogP) is 3.01. The van der Waals surface area contributed by atoms with Crippen LogP contribution in [0.15, 0.2) is 71.9 Å². The summed E-state index contributed by atoms with van der Waals surface area (Å²) in [5.74, 6) is 0.785. The van der Waals surface area contributed by atoms with Gasteiger partial charge in [0, 0.05) is 17.7 Å². The van der Waals surface area contributed by atoms with Crippen molar-refractivity contribution in [2.45, 2.75) is 6.42 Å². The third kappa shape index (κ3) is 4.78. The van der Waals surface area contributed by atoms with Crippen molar-refractivity contribution in [3.05, 3.63) is 83.6 Å². The lowest BCUT2D eigenvalue weighted by molar-refractivity contribution is 0.0952. The third-order valence-electron chi connectivity index (χ3n) is 5.18. The number of amides is 1. The first-order chi connectivity index (χ1) is 15.0. The van der Waals surface area contributed by atoms with E-state index in [1.165, 1.54) is 0 Å². The number of ether oxygens (including phenoxy) is 1. The highest BCUT2D eigenvalue weighted by atomic mass is 16.5. The maximum Gasteiger partial charge on any atom is 0.251 e.